The molecule has 2 aromatic carbocycles. The quantitative estimate of drug-likeness (QED) is 0.369. The first-order valence-electron chi connectivity index (χ1n) is 13.0. The molecule has 1 aliphatic heterocycles. The molecule has 0 bridgehead atoms. The summed E-state index contributed by atoms with van der Waals surface area (Å²) >= 11 is 0. The third-order valence-corrected chi connectivity index (χ3v) is 6.88. The van der Waals surface area contributed by atoms with Crippen molar-refractivity contribution in [2.75, 3.05) is 65.6 Å². The van der Waals surface area contributed by atoms with Crippen LogP contribution in [0.4, 0.5) is 5.82 Å². The maximum atomic E-state index is 13.4. The first kappa shape index (κ1) is 27.9. The summed E-state index contributed by atoms with van der Waals surface area (Å²) in [5.41, 5.74) is 2.66. The number of piperazine rings is 1. The van der Waals surface area contributed by atoms with E-state index in [1.165, 1.54) is 0 Å². The zero-order valence-electron chi connectivity index (χ0n) is 23.1. The third-order valence-electron chi connectivity index (χ3n) is 6.88. The molecule has 206 valence electrons. The second kappa shape index (κ2) is 13.1. The normalized spacial score (nSPS) is 13.6. The Bertz CT molecular complexity index is 1320. The van der Waals surface area contributed by atoms with Crippen molar-refractivity contribution in [3.63, 3.8) is 0 Å². The van der Waals surface area contributed by atoms with E-state index in [4.69, 9.17) is 19.2 Å². The Labute approximate surface area is 229 Å². The van der Waals surface area contributed by atoms with Crippen LogP contribution in [0, 0.1) is 0 Å². The Morgan fingerprint density at radius 3 is 2.28 bits per heavy atom. The monoisotopic (exact) mass is 532 g/mol. The number of benzene rings is 2. The van der Waals surface area contributed by atoms with Gasteiger partial charge in [-0.3, -0.25) is 9.59 Å². The minimum absolute atomic E-state index is 0.0751. The van der Waals surface area contributed by atoms with Crippen molar-refractivity contribution >= 4 is 34.6 Å². The molecule has 3 aromatic rings. The van der Waals surface area contributed by atoms with Crippen molar-refractivity contribution in [2.45, 2.75) is 13.5 Å². The topological polar surface area (TPSA) is 84.4 Å². The van der Waals surface area contributed by atoms with Crippen LogP contribution in [0.2, 0.25) is 0 Å². The summed E-state index contributed by atoms with van der Waals surface area (Å²) in [5.74, 6) is 2.26. The van der Waals surface area contributed by atoms with E-state index < -0.39 is 0 Å². The Balaban J connectivity index is 1.64. The van der Waals surface area contributed by atoms with Crippen molar-refractivity contribution in [3.05, 3.63) is 65.7 Å². The molecule has 0 atom stereocenters. The molecule has 1 fully saturated rings. The van der Waals surface area contributed by atoms with Gasteiger partial charge < -0.3 is 28.9 Å². The summed E-state index contributed by atoms with van der Waals surface area (Å²) in [5, 5.41) is 0.963. The third kappa shape index (κ3) is 7.06. The van der Waals surface area contributed by atoms with Gasteiger partial charge >= 0.3 is 0 Å². The summed E-state index contributed by atoms with van der Waals surface area (Å²) in [6.45, 7) is 5.39. The molecule has 0 aliphatic carbocycles. The lowest BCUT2D eigenvalue weighted by atomic mass is 10.1. The predicted molar refractivity (Wildman–Crippen MR) is 152 cm³/mol. The zero-order valence-corrected chi connectivity index (χ0v) is 23.1. The number of nitrogens with zero attached hydrogens (tertiary/aromatic N) is 4. The molecular weight excluding hydrogens is 496 g/mol. The highest BCUT2D eigenvalue weighted by molar-refractivity contribution is 5.92. The van der Waals surface area contributed by atoms with Gasteiger partial charge in [0.15, 0.2) is 0 Å². The van der Waals surface area contributed by atoms with Gasteiger partial charge in [0.1, 0.15) is 17.3 Å². The summed E-state index contributed by atoms with van der Waals surface area (Å²) in [6.07, 6.45) is 3.39. The Hall–Kier alpha value is -4.11. The van der Waals surface area contributed by atoms with E-state index in [9.17, 15) is 9.59 Å². The standard InChI is InChI=1S/C30H36N4O5/c1-22(35)32-13-15-33(16-14-32)30-25(19-24-8-11-27(39-4)20-28(24)31-30)21-34(17-18-37-2)29(36)12-7-23-5-9-26(38-3)10-6-23/h5-12,19-20H,13-18,21H2,1-4H3. The van der Waals surface area contributed by atoms with Gasteiger partial charge in [-0.15, -0.1) is 0 Å². The van der Waals surface area contributed by atoms with Crippen LogP contribution >= 0.6 is 0 Å². The minimum atomic E-state index is -0.120. The number of ether oxygens (including phenoxy) is 3. The molecule has 0 radical (unpaired) electrons. The van der Waals surface area contributed by atoms with E-state index in [-0.39, 0.29) is 11.8 Å². The largest absolute Gasteiger partial charge is 0.497 e. The Morgan fingerprint density at radius 2 is 1.64 bits per heavy atom. The fourth-order valence-corrected chi connectivity index (χ4v) is 4.59. The molecule has 1 saturated heterocycles. The van der Waals surface area contributed by atoms with Crippen molar-refractivity contribution in [2.24, 2.45) is 0 Å². The number of aromatic nitrogens is 1. The molecule has 9 nitrogen and oxygen atoms in total. The molecule has 9 heteroatoms. The highest BCUT2D eigenvalue weighted by Gasteiger charge is 2.24. The molecule has 0 unspecified atom stereocenters. The van der Waals surface area contributed by atoms with E-state index >= 15 is 0 Å². The van der Waals surface area contributed by atoms with Gasteiger partial charge in [-0.1, -0.05) is 12.1 Å². The van der Waals surface area contributed by atoms with E-state index in [1.807, 2.05) is 47.4 Å². The average Bonchev–Trinajstić information content (AvgIpc) is 2.97. The first-order chi connectivity index (χ1) is 18.9. The Morgan fingerprint density at radius 1 is 0.949 bits per heavy atom. The summed E-state index contributed by atoms with van der Waals surface area (Å²) in [7, 11) is 4.88. The van der Waals surface area contributed by atoms with E-state index in [2.05, 4.69) is 11.0 Å². The van der Waals surface area contributed by atoms with Crippen LogP contribution in [-0.4, -0.2) is 87.3 Å². The second-order valence-electron chi connectivity index (χ2n) is 9.38. The van der Waals surface area contributed by atoms with Crippen molar-refractivity contribution in [3.8, 4) is 11.5 Å². The molecule has 2 heterocycles. The smallest absolute Gasteiger partial charge is 0.246 e. The van der Waals surface area contributed by atoms with Crippen LogP contribution in [-0.2, 0) is 20.9 Å². The van der Waals surface area contributed by atoms with Gasteiger partial charge in [-0.05, 0) is 42.0 Å². The number of carbonyl (C=O) groups is 2. The summed E-state index contributed by atoms with van der Waals surface area (Å²) in [6, 6.07) is 15.4. The molecule has 1 aliphatic rings. The number of carbonyl (C=O) groups excluding carboxylic acids is 2. The number of rotatable bonds is 10. The highest BCUT2D eigenvalue weighted by atomic mass is 16.5. The van der Waals surface area contributed by atoms with Gasteiger partial charge in [0.25, 0.3) is 0 Å². The number of hydrogen-bond donors (Lipinski definition) is 0. The maximum absolute atomic E-state index is 13.4. The first-order valence-corrected chi connectivity index (χ1v) is 13.0. The van der Waals surface area contributed by atoms with Gasteiger partial charge in [-0.25, -0.2) is 4.98 Å². The number of anilines is 1. The molecule has 2 amide bonds. The minimum Gasteiger partial charge on any atom is -0.497 e. The molecule has 1 aromatic heterocycles. The van der Waals surface area contributed by atoms with Crippen LogP contribution in [0.15, 0.2) is 54.6 Å². The number of amides is 2. The lowest BCUT2D eigenvalue weighted by Gasteiger charge is -2.36. The van der Waals surface area contributed by atoms with Crippen LogP contribution in [0.5, 0.6) is 11.5 Å². The van der Waals surface area contributed by atoms with Gasteiger partial charge in [-0.2, -0.15) is 0 Å². The second-order valence-corrected chi connectivity index (χ2v) is 9.38. The molecule has 4 rings (SSSR count). The lowest BCUT2D eigenvalue weighted by Crippen LogP contribution is -2.48. The SMILES string of the molecule is COCCN(Cc1cc2ccc(OC)cc2nc1N1CCN(C(C)=O)CC1)C(=O)C=Cc1ccc(OC)cc1. The van der Waals surface area contributed by atoms with Gasteiger partial charge in [0.05, 0.1) is 26.3 Å². The fraction of sp³-hybridized carbons (Fsp3) is 0.367. The van der Waals surface area contributed by atoms with Crippen LogP contribution in [0.3, 0.4) is 0 Å². The molecule has 39 heavy (non-hydrogen) atoms. The average molecular weight is 533 g/mol. The number of methoxy groups -OCH3 is 3. The highest BCUT2D eigenvalue weighted by Crippen LogP contribution is 2.28. The number of fused-ring (bicyclic) bond motifs is 1. The van der Waals surface area contributed by atoms with E-state index in [0.29, 0.717) is 45.9 Å². The van der Waals surface area contributed by atoms with Gasteiger partial charge in [0.2, 0.25) is 11.8 Å². The van der Waals surface area contributed by atoms with Crippen LogP contribution < -0.4 is 14.4 Å². The fourth-order valence-electron chi connectivity index (χ4n) is 4.59. The summed E-state index contributed by atoms with van der Waals surface area (Å²) < 4.78 is 15.9. The lowest BCUT2D eigenvalue weighted by molar-refractivity contribution is -0.129. The Kier molecular flexibility index (Phi) is 9.38. The molecule has 0 N–H and O–H groups in total. The summed E-state index contributed by atoms with van der Waals surface area (Å²) in [4.78, 5) is 36.1. The van der Waals surface area contributed by atoms with Crippen molar-refractivity contribution in [1.29, 1.82) is 0 Å². The van der Waals surface area contributed by atoms with Crippen LogP contribution in [0.25, 0.3) is 17.0 Å². The predicted octanol–water partition coefficient (Wildman–Crippen LogP) is 3.61. The van der Waals surface area contributed by atoms with Crippen molar-refractivity contribution in [1.82, 2.24) is 14.8 Å². The molecule has 0 spiro atoms. The zero-order chi connectivity index (χ0) is 27.8. The number of pyridine rings is 1. The molecule has 0 saturated carbocycles. The van der Waals surface area contributed by atoms with E-state index in [1.54, 1.807) is 45.3 Å². The van der Waals surface area contributed by atoms with Crippen LogP contribution in [0.1, 0.15) is 18.1 Å². The molecular formula is C30H36N4O5. The maximum Gasteiger partial charge on any atom is 0.246 e. The van der Waals surface area contributed by atoms with Gasteiger partial charge in [0, 0.05) is 76.4 Å². The number of hydrogen-bond acceptors (Lipinski definition) is 7. The van der Waals surface area contributed by atoms with Crippen molar-refractivity contribution < 1.29 is 23.8 Å². The van der Waals surface area contributed by atoms with E-state index in [0.717, 1.165) is 39.3 Å².